The van der Waals surface area contributed by atoms with Crippen molar-refractivity contribution in [2.24, 2.45) is 5.92 Å². The van der Waals surface area contributed by atoms with E-state index in [0.717, 1.165) is 31.8 Å². The quantitative estimate of drug-likeness (QED) is 0.871. The Morgan fingerprint density at radius 2 is 2.15 bits per heavy atom. The summed E-state index contributed by atoms with van der Waals surface area (Å²) in [7, 11) is 0. The third kappa shape index (κ3) is 2.51. The van der Waals surface area contributed by atoms with Gasteiger partial charge in [0.1, 0.15) is 5.15 Å². The summed E-state index contributed by atoms with van der Waals surface area (Å²) in [6.45, 7) is 7.48. The van der Waals surface area contributed by atoms with E-state index in [-0.39, 0.29) is 0 Å². The van der Waals surface area contributed by atoms with Crippen LogP contribution in [0.5, 0.6) is 0 Å². The normalized spacial score (nSPS) is 25.9. The summed E-state index contributed by atoms with van der Waals surface area (Å²) in [6.07, 6.45) is 4.69. The second-order valence-electron chi connectivity index (χ2n) is 5.80. The first kappa shape index (κ1) is 14.1. The zero-order valence-electron chi connectivity index (χ0n) is 12.3. The van der Waals surface area contributed by atoms with Gasteiger partial charge >= 0.3 is 0 Å². The molecule has 0 unspecified atom stereocenters. The van der Waals surface area contributed by atoms with Gasteiger partial charge in [-0.25, -0.2) is 9.97 Å². The fourth-order valence-corrected chi connectivity index (χ4v) is 3.97. The molecule has 110 valence electrons. The lowest BCUT2D eigenvalue weighted by molar-refractivity contribution is 0.0899. The smallest absolute Gasteiger partial charge is 0.224 e. The van der Waals surface area contributed by atoms with Gasteiger partial charge in [-0.2, -0.15) is 0 Å². The van der Waals surface area contributed by atoms with Gasteiger partial charge in [0.05, 0.1) is 5.69 Å². The molecule has 2 atom stereocenters. The van der Waals surface area contributed by atoms with Gasteiger partial charge in [0.15, 0.2) is 0 Å². The van der Waals surface area contributed by atoms with E-state index in [1.807, 2.05) is 6.92 Å². The SMILES string of the molecule is CCNc1nc(Cl)c2c(n1)C[C@@H]1CCCN(CC)[C@H]1C2. The monoisotopic (exact) mass is 294 g/mol. The van der Waals surface area contributed by atoms with Gasteiger partial charge < -0.3 is 10.2 Å². The van der Waals surface area contributed by atoms with Crippen LogP contribution in [0.3, 0.4) is 0 Å². The van der Waals surface area contributed by atoms with Crippen molar-refractivity contribution in [2.75, 3.05) is 25.0 Å². The van der Waals surface area contributed by atoms with Crippen molar-refractivity contribution in [3.8, 4) is 0 Å². The van der Waals surface area contributed by atoms with Crippen molar-refractivity contribution in [3.05, 3.63) is 16.4 Å². The summed E-state index contributed by atoms with van der Waals surface area (Å²) in [5, 5.41) is 3.82. The third-order valence-electron chi connectivity index (χ3n) is 4.69. The predicted octanol–water partition coefficient (Wildman–Crippen LogP) is 2.76. The molecule has 0 aromatic carbocycles. The highest BCUT2D eigenvalue weighted by molar-refractivity contribution is 6.30. The summed E-state index contributed by atoms with van der Waals surface area (Å²) in [5.74, 6) is 1.41. The van der Waals surface area contributed by atoms with Gasteiger partial charge in [-0.1, -0.05) is 18.5 Å². The maximum atomic E-state index is 6.40. The number of aromatic nitrogens is 2. The Bertz CT molecular complexity index is 491. The molecule has 4 nitrogen and oxygen atoms in total. The Labute approximate surface area is 125 Å². The molecule has 20 heavy (non-hydrogen) atoms. The minimum absolute atomic E-state index is 0.632. The molecule has 2 aliphatic rings. The number of nitrogens with one attached hydrogen (secondary N) is 1. The number of hydrogen-bond donors (Lipinski definition) is 1. The van der Waals surface area contributed by atoms with Crippen LogP contribution in [0.15, 0.2) is 0 Å². The standard InChI is InChI=1S/C15H23ClN4/c1-3-17-15-18-12-8-10-6-5-7-20(4-2)13(10)9-11(12)14(16)19-15/h10,13H,3-9H2,1-2H3,(H,17,18,19)/t10-,13-/m0/s1. The molecule has 2 heterocycles. The van der Waals surface area contributed by atoms with Crippen molar-refractivity contribution in [1.82, 2.24) is 14.9 Å². The number of likely N-dealkylation sites (tertiary alicyclic amines) is 1. The first-order valence-corrected chi connectivity index (χ1v) is 8.13. The Balaban J connectivity index is 1.91. The molecular weight excluding hydrogens is 272 g/mol. The van der Waals surface area contributed by atoms with E-state index in [1.54, 1.807) is 0 Å². The molecule has 1 aliphatic heterocycles. The van der Waals surface area contributed by atoms with Crippen LogP contribution >= 0.6 is 11.6 Å². The van der Waals surface area contributed by atoms with Crippen LogP contribution in [-0.4, -0.2) is 40.5 Å². The molecule has 1 aliphatic carbocycles. The van der Waals surface area contributed by atoms with Gasteiger partial charge in [-0.05, 0) is 51.6 Å². The number of fused-ring (bicyclic) bond motifs is 2. The zero-order chi connectivity index (χ0) is 14.1. The van der Waals surface area contributed by atoms with E-state index in [2.05, 4.69) is 27.1 Å². The number of nitrogens with zero attached hydrogens (tertiary/aromatic N) is 3. The molecule has 3 rings (SSSR count). The van der Waals surface area contributed by atoms with Gasteiger partial charge in [-0.3, -0.25) is 0 Å². The van der Waals surface area contributed by atoms with Gasteiger partial charge in [0, 0.05) is 18.2 Å². The van der Waals surface area contributed by atoms with Crippen molar-refractivity contribution in [1.29, 1.82) is 0 Å². The van der Waals surface area contributed by atoms with Crippen molar-refractivity contribution in [2.45, 2.75) is 45.6 Å². The highest BCUT2D eigenvalue weighted by Crippen LogP contribution is 2.36. The number of rotatable bonds is 3. The highest BCUT2D eigenvalue weighted by atomic mass is 35.5. The molecule has 0 bridgehead atoms. The number of anilines is 1. The Morgan fingerprint density at radius 1 is 1.30 bits per heavy atom. The first-order valence-electron chi connectivity index (χ1n) is 7.76. The van der Waals surface area contributed by atoms with E-state index in [4.69, 9.17) is 11.6 Å². The van der Waals surface area contributed by atoms with Crippen LogP contribution in [0.4, 0.5) is 5.95 Å². The van der Waals surface area contributed by atoms with Gasteiger partial charge in [-0.15, -0.1) is 0 Å². The van der Waals surface area contributed by atoms with Crippen LogP contribution in [0, 0.1) is 5.92 Å². The molecule has 1 saturated heterocycles. The first-order chi connectivity index (χ1) is 9.72. The Hall–Kier alpha value is -0.870. The third-order valence-corrected chi connectivity index (χ3v) is 5.00. The summed E-state index contributed by atoms with van der Waals surface area (Å²) in [4.78, 5) is 11.7. The number of likely N-dealkylation sites (N-methyl/N-ethyl adjacent to an activating group) is 1. The van der Waals surface area contributed by atoms with Gasteiger partial charge in [0.25, 0.3) is 0 Å². The lowest BCUT2D eigenvalue weighted by Crippen LogP contribution is -2.49. The zero-order valence-corrected chi connectivity index (χ0v) is 13.1. The largest absolute Gasteiger partial charge is 0.354 e. The molecule has 1 N–H and O–H groups in total. The van der Waals surface area contributed by atoms with Crippen molar-refractivity contribution >= 4 is 17.5 Å². The van der Waals surface area contributed by atoms with Crippen LogP contribution in [0.2, 0.25) is 5.15 Å². The molecular formula is C15H23ClN4. The minimum Gasteiger partial charge on any atom is -0.354 e. The molecule has 0 saturated carbocycles. The number of piperidine rings is 1. The molecule has 0 spiro atoms. The lowest BCUT2D eigenvalue weighted by atomic mass is 9.77. The lowest BCUT2D eigenvalue weighted by Gasteiger charge is -2.44. The van der Waals surface area contributed by atoms with Crippen LogP contribution in [-0.2, 0) is 12.8 Å². The van der Waals surface area contributed by atoms with Crippen molar-refractivity contribution in [3.63, 3.8) is 0 Å². The molecule has 0 amide bonds. The molecule has 1 fully saturated rings. The fourth-order valence-electron chi connectivity index (χ4n) is 3.70. The summed E-state index contributed by atoms with van der Waals surface area (Å²) in [5.41, 5.74) is 2.34. The summed E-state index contributed by atoms with van der Waals surface area (Å²) < 4.78 is 0. The average molecular weight is 295 g/mol. The van der Waals surface area contributed by atoms with E-state index >= 15 is 0 Å². The maximum absolute atomic E-state index is 6.40. The molecule has 1 aromatic heterocycles. The second-order valence-corrected chi connectivity index (χ2v) is 6.16. The van der Waals surface area contributed by atoms with Crippen LogP contribution in [0.1, 0.15) is 37.9 Å². The van der Waals surface area contributed by atoms with E-state index in [9.17, 15) is 0 Å². The maximum Gasteiger partial charge on any atom is 0.224 e. The predicted molar refractivity (Wildman–Crippen MR) is 82.4 cm³/mol. The molecule has 1 aromatic rings. The van der Waals surface area contributed by atoms with Crippen LogP contribution < -0.4 is 5.32 Å². The van der Waals surface area contributed by atoms with E-state index in [1.165, 1.54) is 30.6 Å². The minimum atomic E-state index is 0.632. The number of halogens is 1. The van der Waals surface area contributed by atoms with Gasteiger partial charge in [0.2, 0.25) is 5.95 Å². The average Bonchev–Trinajstić information content (AvgIpc) is 2.45. The second kappa shape index (κ2) is 5.86. The number of hydrogen-bond acceptors (Lipinski definition) is 4. The molecule has 0 radical (unpaired) electrons. The summed E-state index contributed by atoms with van der Waals surface area (Å²) in [6, 6.07) is 0.632. The fraction of sp³-hybridized carbons (Fsp3) is 0.733. The Kier molecular flexibility index (Phi) is 4.13. The highest BCUT2D eigenvalue weighted by Gasteiger charge is 2.36. The summed E-state index contributed by atoms with van der Waals surface area (Å²) >= 11 is 6.40. The Morgan fingerprint density at radius 3 is 2.90 bits per heavy atom. The molecule has 5 heteroatoms. The van der Waals surface area contributed by atoms with Crippen LogP contribution in [0.25, 0.3) is 0 Å². The van der Waals surface area contributed by atoms with E-state index < -0.39 is 0 Å². The topological polar surface area (TPSA) is 41.1 Å². The van der Waals surface area contributed by atoms with E-state index in [0.29, 0.717) is 17.1 Å². The van der Waals surface area contributed by atoms with Crippen molar-refractivity contribution < 1.29 is 0 Å².